The molecule has 220 valence electrons. The van der Waals surface area contributed by atoms with Crippen LogP contribution in [0.3, 0.4) is 0 Å². The lowest BCUT2D eigenvalue weighted by atomic mass is 9.73. The highest BCUT2D eigenvalue weighted by Crippen LogP contribution is 2.60. The van der Waals surface area contributed by atoms with Crippen LogP contribution in [0.25, 0.3) is 0 Å². The van der Waals surface area contributed by atoms with Crippen LogP contribution >= 0.6 is 0 Å². The number of hydrogen-bond donors (Lipinski definition) is 0. The quantitative estimate of drug-likeness (QED) is 0.187. The van der Waals surface area contributed by atoms with E-state index in [1.54, 1.807) is 0 Å². The van der Waals surface area contributed by atoms with Crippen molar-refractivity contribution in [2.75, 3.05) is 6.61 Å². The number of carbonyl (C=O) groups is 3. The Kier molecular flexibility index (Phi) is 7.32. The van der Waals surface area contributed by atoms with Gasteiger partial charge in [0.15, 0.2) is 6.61 Å². The Morgan fingerprint density at radius 3 is 1.79 bits per heavy atom. The van der Waals surface area contributed by atoms with Crippen LogP contribution in [-0.2, 0) is 23.9 Å². The molecule has 1 heterocycles. The lowest BCUT2D eigenvalue weighted by molar-refractivity contribution is -0.384. The predicted molar refractivity (Wildman–Crippen MR) is 85.7 cm³/mol. The molecule has 0 radical (unpaired) electrons. The smallest absolute Gasteiger partial charge is 0.452 e. The number of imide groups is 1. The van der Waals surface area contributed by atoms with Gasteiger partial charge in [0.25, 0.3) is 29.1 Å². The summed E-state index contributed by atoms with van der Waals surface area (Å²) in [5, 5.41) is 0. The monoisotopic (exact) mass is 595 g/mol. The lowest BCUT2D eigenvalue weighted by Gasteiger charge is -2.40. The second-order valence-electron chi connectivity index (χ2n) is 8.27. The van der Waals surface area contributed by atoms with E-state index < -0.39 is 109 Å². The van der Waals surface area contributed by atoms with E-state index in [9.17, 15) is 67.1 Å². The van der Waals surface area contributed by atoms with Crippen LogP contribution in [0.4, 0.5) is 65.9 Å². The summed E-state index contributed by atoms with van der Waals surface area (Å²) in [6.45, 7) is -9.12. The average Bonchev–Trinajstić information content (AvgIpc) is 2.88. The van der Waals surface area contributed by atoms with Crippen molar-refractivity contribution in [1.29, 1.82) is 0 Å². The number of fused-ring (bicyclic) bond motifs is 1. The van der Waals surface area contributed by atoms with Crippen LogP contribution < -0.4 is 0 Å². The van der Waals surface area contributed by atoms with Crippen LogP contribution in [0.15, 0.2) is 0 Å². The molecule has 1 aliphatic carbocycles. The molecule has 2 aliphatic rings. The summed E-state index contributed by atoms with van der Waals surface area (Å²) in [4.78, 5) is 34.7. The maximum Gasteiger partial charge on any atom is 0.452 e. The highest BCUT2D eigenvalue weighted by Gasteiger charge is 2.89. The minimum absolute atomic E-state index is 1.06. The maximum absolute atomic E-state index is 15.8. The van der Waals surface area contributed by atoms with Gasteiger partial charge in [0.05, 0.1) is 0 Å². The van der Waals surface area contributed by atoms with Gasteiger partial charge in [-0.05, 0) is 19.8 Å². The average molecular weight is 595 g/mol. The summed E-state index contributed by atoms with van der Waals surface area (Å²) in [6, 6.07) is 0. The van der Waals surface area contributed by atoms with E-state index in [1.165, 1.54) is 0 Å². The SMILES string of the molecule is CC(F)(C(F)(F)F)C(F)(C(=O)OCC(F)(OC(F)F)C(F)(F)F)N1C(=O)C2(F)CCCC(F)(F)C2(F)C1=O. The number of ether oxygens (including phenoxy) is 2. The Morgan fingerprint density at radius 1 is 0.895 bits per heavy atom. The number of rotatable bonds is 7. The molecule has 6 nitrogen and oxygen atoms in total. The normalized spacial score (nSPS) is 30.9. The predicted octanol–water partition coefficient (Wildman–Crippen LogP) is 4.56. The van der Waals surface area contributed by atoms with E-state index >= 15 is 13.2 Å². The molecule has 0 bridgehead atoms. The van der Waals surface area contributed by atoms with Crippen molar-refractivity contribution in [3.8, 4) is 0 Å². The van der Waals surface area contributed by atoms with Gasteiger partial charge in [0.2, 0.25) is 5.67 Å². The van der Waals surface area contributed by atoms with Crippen LogP contribution in [0.2, 0.25) is 0 Å². The van der Waals surface area contributed by atoms with Crippen LogP contribution in [0.5, 0.6) is 0 Å². The minimum Gasteiger partial charge on any atom is -0.455 e. The third kappa shape index (κ3) is 4.05. The molecule has 2 rings (SSSR count). The lowest BCUT2D eigenvalue weighted by Crippen LogP contribution is -2.71. The van der Waals surface area contributed by atoms with E-state index in [4.69, 9.17) is 0 Å². The number of amides is 2. The van der Waals surface area contributed by atoms with Gasteiger partial charge >= 0.3 is 36.6 Å². The highest BCUT2D eigenvalue weighted by atomic mass is 19.4. The number of esters is 1. The molecule has 0 aromatic heterocycles. The zero-order valence-corrected chi connectivity index (χ0v) is 18.1. The van der Waals surface area contributed by atoms with E-state index in [2.05, 4.69) is 9.47 Å². The van der Waals surface area contributed by atoms with Crippen molar-refractivity contribution < 1.29 is 89.7 Å². The molecule has 2 amide bonds. The summed E-state index contributed by atoms with van der Waals surface area (Å²) in [5.74, 6) is -28.3. The third-order valence-corrected chi connectivity index (χ3v) is 5.92. The number of carbonyl (C=O) groups excluding carboxylic acids is 3. The van der Waals surface area contributed by atoms with Crippen LogP contribution in [0, 0.1) is 0 Å². The second-order valence-corrected chi connectivity index (χ2v) is 8.27. The number of nitrogens with zero attached hydrogens (tertiary/aromatic N) is 1. The van der Waals surface area contributed by atoms with Crippen LogP contribution in [-0.4, -0.2) is 82.8 Å². The van der Waals surface area contributed by atoms with Gasteiger partial charge in [-0.15, -0.1) is 0 Å². The number of halogens is 15. The molecule has 5 unspecified atom stereocenters. The molecule has 21 heteroatoms. The summed E-state index contributed by atoms with van der Waals surface area (Å²) in [7, 11) is 0. The summed E-state index contributed by atoms with van der Waals surface area (Å²) >= 11 is 0. The summed E-state index contributed by atoms with van der Waals surface area (Å²) in [5.41, 5.74) is -16.6. The molecular weight excluding hydrogens is 583 g/mol. The zero-order valence-electron chi connectivity index (χ0n) is 18.1. The number of alkyl halides is 15. The topological polar surface area (TPSA) is 72.9 Å². The molecule has 5 atom stereocenters. The fourth-order valence-corrected chi connectivity index (χ4v) is 3.73. The highest BCUT2D eigenvalue weighted by molar-refractivity contribution is 6.16. The molecule has 0 aromatic rings. The first-order valence-corrected chi connectivity index (χ1v) is 9.67. The van der Waals surface area contributed by atoms with Crippen molar-refractivity contribution in [2.45, 2.75) is 79.7 Å². The molecule has 0 aromatic carbocycles. The van der Waals surface area contributed by atoms with E-state index in [-0.39, 0.29) is 0 Å². The zero-order chi connectivity index (χ0) is 30.1. The summed E-state index contributed by atoms with van der Waals surface area (Å²) < 4.78 is 212. The van der Waals surface area contributed by atoms with E-state index in [1.807, 2.05) is 0 Å². The molecule has 1 aliphatic heterocycles. The van der Waals surface area contributed by atoms with Crippen molar-refractivity contribution in [3.63, 3.8) is 0 Å². The standard InChI is InChI=1S/C17H12F15NO5/c1-10(20,16(27,28)29)15(26,8(36)37-5-13(24,17(30,31)32)38-9(18)19)33-6(34)11(21)3-2-4-12(22,23)14(11,25)7(33)35/h9H,2-5H2,1H3. The fraction of sp³-hybridized carbons (Fsp3) is 0.824. The molecular formula is C17H12F15NO5. The van der Waals surface area contributed by atoms with Gasteiger partial charge in [0.1, 0.15) is 0 Å². The fourth-order valence-electron chi connectivity index (χ4n) is 3.73. The molecule has 38 heavy (non-hydrogen) atoms. The second kappa shape index (κ2) is 8.77. The Bertz CT molecular complexity index is 999. The van der Waals surface area contributed by atoms with E-state index in [0.717, 1.165) is 0 Å². The van der Waals surface area contributed by atoms with Gasteiger partial charge in [-0.2, -0.15) is 39.5 Å². The van der Waals surface area contributed by atoms with Crippen molar-refractivity contribution >= 4 is 17.8 Å². The Hall–Kier alpha value is -2.48. The maximum atomic E-state index is 15.8. The minimum atomic E-state index is -6.85. The van der Waals surface area contributed by atoms with Crippen LogP contribution in [0.1, 0.15) is 26.2 Å². The molecule has 2 fully saturated rings. The molecule has 1 saturated carbocycles. The van der Waals surface area contributed by atoms with Gasteiger partial charge in [-0.1, -0.05) is 0 Å². The van der Waals surface area contributed by atoms with E-state index in [0.29, 0.717) is 0 Å². The molecule has 1 saturated heterocycles. The van der Waals surface area contributed by atoms with Gasteiger partial charge in [0, 0.05) is 6.42 Å². The molecule has 0 N–H and O–H groups in total. The van der Waals surface area contributed by atoms with Gasteiger partial charge in [-0.3, -0.25) is 14.3 Å². The largest absolute Gasteiger partial charge is 0.455 e. The molecule has 0 spiro atoms. The first-order chi connectivity index (χ1) is 16.7. The Morgan fingerprint density at radius 2 is 1.39 bits per heavy atom. The first-order valence-electron chi connectivity index (χ1n) is 9.67. The number of hydrogen-bond acceptors (Lipinski definition) is 5. The third-order valence-electron chi connectivity index (χ3n) is 5.92. The summed E-state index contributed by atoms with van der Waals surface area (Å²) in [6.07, 6.45) is -18.2. The van der Waals surface area contributed by atoms with Crippen molar-refractivity contribution in [3.05, 3.63) is 0 Å². The number of likely N-dealkylation sites (tertiary alicyclic amines) is 1. The van der Waals surface area contributed by atoms with Gasteiger partial charge in [-0.25, -0.2) is 36.0 Å². The Labute approximate surface area is 200 Å². The van der Waals surface area contributed by atoms with Crippen molar-refractivity contribution in [1.82, 2.24) is 4.90 Å². The van der Waals surface area contributed by atoms with Gasteiger partial charge < -0.3 is 4.74 Å². The van der Waals surface area contributed by atoms with Crippen molar-refractivity contribution in [2.24, 2.45) is 0 Å². The Balaban J connectivity index is 2.72. The first kappa shape index (κ1) is 31.7.